The van der Waals surface area contributed by atoms with Crippen LogP contribution >= 0.6 is 0 Å². The van der Waals surface area contributed by atoms with E-state index in [-0.39, 0.29) is 36.8 Å². The monoisotopic (exact) mass is 370 g/mol. The van der Waals surface area contributed by atoms with Crippen molar-refractivity contribution in [3.63, 3.8) is 0 Å². The van der Waals surface area contributed by atoms with Crippen LogP contribution in [-0.2, 0) is 16.1 Å². The van der Waals surface area contributed by atoms with Crippen LogP contribution in [0.4, 0.5) is 0 Å². The molecular weight excluding hydrogens is 352 g/mol. The second kappa shape index (κ2) is 8.17. The van der Waals surface area contributed by atoms with Crippen LogP contribution in [-0.4, -0.2) is 39.6 Å². The van der Waals surface area contributed by atoms with Crippen molar-refractivity contribution in [2.24, 2.45) is 0 Å². The van der Waals surface area contributed by atoms with Crippen molar-refractivity contribution < 1.29 is 19.1 Å². The molecule has 140 valence electrons. The summed E-state index contributed by atoms with van der Waals surface area (Å²) >= 11 is 0. The van der Waals surface area contributed by atoms with Gasteiger partial charge in [0.15, 0.2) is 5.65 Å². The van der Waals surface area contributed by atoms with Crippen molar-refractivity contribution in [1.29, 1.82) is 0 Å². The lowest BCUT2D eigenvalue weighted by Gasteiger charge is -2.10. The van der Waals surface area contributed by atoms with Crippen molar-refractivity contribution in [3.05, 3.63) is 64.1 Å². The van der Waals surface area contributed by atoms with Gasteiger partial charge in [-0.1, -0.05) is 30.3 Å². The molecule has 0 aliphatic heterocycles. The average molecular weight is 370 g/mol. The first-order valence-corrected chi connectivity index (χ1v) is 8.30. The third-order valence-corrected chi connectivity index (χ3v) is 3.69. The lowest BCUT2D eigenvalue weighted by atomic mass is 10.2. The highest BCUT2D eigenvalue weighted by molar-refractivity contribution is 6.00. The molecule has 9 heteroatoms. The number of H-pyrrole nitrogens is 1. The van der Waals surface area contributed by atoms with E-state index in [1.54, 1.807) is 6.92 Å². The second-order valence-corrected chi connectivity index (χ2v) is 5.53. The molecule has 0 radical (unpaired) electrons. The first kappa shape index (κ1) is 18.2. The Balaban J connectivity index is 1.83. The Labute approximate surface area is 153 Å². The van der Waals surface area contributed by atoms with Gasteiger partial charge in [-0.05, 0) is 12.5 Å². The number of hydrogen-bond donors (Lipinski definition) is 2. The van der Waals surface area contributed by atoms with Gasteiger partial charge in [-0.2, -0.15) is 0 Å². The molecule has 1 amide bonds. The van der Waals surface area contributed by atoms with Gasteiger partial charge < -0.3 is 14.8 Å². The summed E-state index contributed by atoms with van der Waals surface area (Å²) in [5, 5.41) is 5.16. The molecule has 2 heterocycles. The topological polar surface area (TPSA) is 115 Å². The summed E-state index contributed by atoms with van der Waals surface area (Å²) in [6, 6.07) is 10.6. The Morgan fingerprint density at radius 1 is 1.26 bits per heavy atom. The fraction of sp³-hybridized carbons (Fsp3) is 0.222. The minimum atomic E-state index is -0.715. The van der Waals surface area contributed by atoms with E-state index in [1.807, 2.05) is 30.3 Å². The molecule has 9 nitrogen and oxygen atoms in total. The standard InChI is InChI=1S/C18H18N4O5/c1-2-26-15(24)9-19-18(25)16-13(23)8-14(22-17(16)20-11-21-22)27-10-12-6-4-3-5-7-12/h3-8,11H,2,9-10H2,1H3,(H,19,25)(H,20,21). The van der Waals surface area contributed by atoms with E-state index >= 15 is 0 Å². The summed E-state index contributed by atoms with van der Waals surface area (Å²) in [5.41, 5.74) is 0.278. The molecule has 3 aromatic rings. The molecule has 0 spiro atoms. The Bertz CT molecular complexity index is 1010. The lowest BCUT2D eigenvalue weighted by Crippen LogP contribution is -2.34. The van der Waals surface area contributed by atoms with Crippen LogP contribution in [0.5, 0.6) is 5.88 Å². The number of ether oxygens (including phenoxy) is 2. The number of esters is 1. The summed E-state index contributed by atoms with van der Waals surface area (Å²) < 4.78 is 11.8. The number of rotatable bonds is 7. The third kappa shape index (κ3) is 4.14. The number of benzene rings is 1. The minimum absolute atomic E-state index is 0.104. The summed E-state index contributed by atoms with van der Waals surface area (Å²) in [5.74, 6) is -1.09. The van der Waals surface area contributed by atoms with E-state index in [0.29, 0.717) is 0 Å². The molecule has 27 heavy (non-hydrogen) atoms. The smallest absolute Gasteiger partial charge is 0.325 e. The van der Waals surface area contributed by atoms with Gasteiger partial charge in [-0.3, -0.25) is 19.5 Å². The molecule has 0 bridgehead atoms. The predicted octanol–water partition coefficient (Wildman–Crippen LogP) is 0.894. The first-order chi connectivity index (χ1) is 13.1. The number of hydrogen-bond acceptors (Lipinski definition) is 6. The maximum atomic E-state index is 12.5. The Hall–Kier alpha value is -3.62. The SMILES string of the molecule is CCOC(=O)CNC(=O)c1c(=O)cc(OCc2ccccc2)n2[nH]cnc12. The molecule has 2 aromatic heterocycles. The highest BCUT2D eigenvalue weighted by Crippen LogP contribution is 2.14. The number of aromatic nitrogens is 3. The largest absolute Gasteiger partial charge is 0.473 e. The molecule has 0 aliphatic carbocycles. The summed E-state index contributed by atoms with van der Waals surface area (Å²) in [7, 11) is 0. The lowest BCUT2D eigenvalue weighted by molar-refractivity contribution is -0.141. The molecule has 0 unspecified atom stereocenters. The summed E-state index contributed by atoms with van der Waals surface area (Å²) in [6.07, 6.45) is 1.34. The van der Waals surface area contributed by atoms with Gasteiger partial charge in [-0.15, -0.1) is 0 Å². The van der Waals surface area contributed by atoms with Gasteiger partial charge in [-0.25, -0.2) is 9.50 Å². The van der Waals surface area contributed by atoms with Crippen molar-refractivity contribution in [3.8, 4) is 5.88 Å². The highest BCUT2D eigenvalue weighted by atomic mass is 16.5. The predicted molar refractivity (Wildman–Crippen MR) is 95.6 cm³/mol. The molecule has 2 N–H and O–H groups in total. The number of nitrogens with zero attached hydrogens (tertiary/aromatic N) is 2. The third-order valence-electron chi connectivity index (χ3n) is 3.69. The van der Waals surface area contributed by atoms with Crippen LogP contribution in [0.15, 0.2) is 47.5 Å². The molecule has 0 saturated heterocycles. The van der Waals surface area contributed by atoms with E-state index in [1.165, 1.54) is 16.9 Å². The summed E-state index contributed by atoms with van der Waals surface area (Å²) in [4.78, 5) is 40.2. The Kier molecular flexibility index (Phi) is 5.50. The molecule has 0 fully saturated rings. The van der Waals surface area contributed by atoms with E-state index in [0.717, 1.165) is 5.56 Å². The quantitative estimate of drug-likeness (QED) is 0.597. The highest BCUT2D eigenvalue weighted by Gasteiger charge is 2.20. The molecule has 0 atom stereocenters. The van der Waals surface area contributed by atoms with E-state index in [9.17, 15) is 14.4 Å². The van der Waals surface area contributed by atoms with Crippen molar-refractivity contribution in [2.75, 3.05) is 13.2 Å². The van der Waals surface area contributed by atoms with E-state index in [2.05, 4.69) is 15.4 Å². The fourth-order valence-electron chi connectivity index (χ4n) is 2.47. The van der Waals surface area contributed by atoms with Crippen molar-refractivity contribution >= 4 is 17.5 Å². The minimum Gasteiger partial charge on any atom is -0.473 e. The van der Waals surface area contributed by atoms with Crippen LogP contribution in [0.1, 0.15) is 22.8 Å². The molecule has 3 rings (SSSR count). The van der Waals surface area contributed by atoms with E-state index < -0.39 is 17.3 Å². The zero-order chi connectivity index (χ0) is 19.2. The first-order valence-electron chi connectivity index (χ1n) is 8.30. The van der Waals surface area contributed by atoms with E-state index in [4.69, 9.17) is 9.47 Å². The normalized spacial score (nSPS) is 10.6. The van der Waals surface area contributed by atoms with Gasteiger partial charge >= 0.3 is 5.97 Å². The molecular formula is C18H18N4O5. The number of carbonyl (C=O) groups is 2. The number of carbonyl (C=O) groups excluding carboxylic acids is 2. The number of fused-ring (bicyclic) bond motifs is 1. The zero-order valence-corrected chi connectivity index (χ0v) is 14.6. The van der Waals surface area contributed by atoms with Gasteiger partial charge in [0.05, 0.1) is 6.61 Å². The molecule has 1 aromatic carbocycles. The zero-order valence-electron chi connectivity index (χ0n) is 14.6. The van der Waals surface area contributed by atoms with Crippen LogP contribution in [0.3, 0.4) is 0 Å². The molecule has 0 saturated carbocycles. The van der Waals surface area contributed by atoms with Crippen molar-refractivity contribution in [1.82, 2.24) is 19.9 Å². The second-order valence-electron chi connectivity index (χ2n) is 5.53. The van der Waals surface area contributed by atoms with Crippen molar-refractivity contribution in [2.45, 2.75) is 13.5 Å². The summed E-state index contributed by atoms with van der Waals surface area (Å²) in [6.45, 7) is 1.77. The maximum absolute atomic E-state index is 12.5. The van der Waals surface area contributed by atoms with Gasteiger partial charge in [0, 0.05) is 6.07 Å². The van der Waals surface area contributed by atoms with Crippen LogP contribution in [0, 0.1) is 0 Å². The van der Waals surface area contributed by atoms with Gasteiger partial charge in [0.1, 0.15) is 25.0 Å². The van der Waals surface area contributed by atoms with Gasteiger partial charge in [0.2, 0.25) is 11.3 Å². The van der Waals surface area contributed by atoms with Crippen LogP contribution < -0.4 is 15.5 Å². The molecule has 0 aliphatic rings. The van der Waals surface area contributed by atoms with Gasteiger partial charge in [0.25, 0.3) is 5.91 Å². The average Bonchev–Trinajstić information content (AvgIpc) is 3.15. The number of nitrogens with one attached hydrogen (secondary N) is 2. The maximum Gasteiger partial charge on any atom is 0.325 e. The number of pyridine rings is 1. The fourth-order valence-corrected chi connectivity index (χ4v) is 2.47. The Morgan fingerprint density at radius 3 is 2.78 bits per heavy atom. The Morgan fingerprint density at radius 2 is 2.04 bits per heavy atom. The van der Waals surface area contributed by atoms with Crippen LogP contribution in [0.25, 0.3) is 5.65 Å². The van der Waals surface area contributed by atoms with Crippen LogP contribution in [0.2, 0.25) is 0 Å². The number of amides is 1. The number of aromatic amines is 1.